The summed E-state index contributed by atoms with van der Waals surface area (Å²) in [6, 6.07) is 10.0. The fourth-order valence-electron chi connectivity index (χ4n) is 2.77. The molecular formula is C19H14Cl2N4O3. The lowest BCUT2D eigenvalue weighted by Crippen LogP contribution is -2.12. The van der Waals surface area contributed by atoms with Gasteiger partial charge in [0.25, 0.3) is 5.91 Å². The van der Waals surface area contributed by atoms with E-state index >= 15 is 0 Å². The van der Waals surface area contributed by atoms with Crippen LogP contribution in [0.1, 0.15) is 29.0 Å². The molecule has 0 saturated heterocycles. The molecule has 0 bridgehead atoms. The highest BCUT2D eigenvalue weighted by molar-refractivity contribution is 6.36. The largest absolute Gasteiger partial charge is 0.461 e. The zero-order chi connectivity index (χ0) is 19.7. The summed E-state index contributed by atoms with van der Waals surface area (Å²) in [6.45, 7) is 1.92. The lowest BCUT2D eigenvalue weighted by Gasteiger charge is -2.15. The standard InChI is InChI=1S/C19H14Cl2N4O3/c1-11(18-13(20)4-2-5-14(18)21)25-10-12(9-22-25)23-19(26)15-8-17(28-24-15)16-6-3-7-27-16/h2-11H,1H3,(H,23,26). The van der Waals surface area contributed by atoms with Crippen LogP contribution in [-0.2, 0) is 0 Å². The smallest absolute Gasteiger partial charge is 0.277 e. The number of nitrogens with one attached hydrogen (secondary N) is 1. The lowest BCUT2D eigenvalue weighted by atomic mass is 10.1. The molecule has 0 saturated carbocycles. The fourth-order valence-corrected chi connectivity index (χ4v) is 3.48. The van der Waals surface area contributed by atoms with Gasteiger partial charge in [-0.05, 0) is 31.2 Å². The molecule has 0 aliphatic carbocycles. The van der Waals surface area contributed by atoms with Crippen LogP contribution in [0.3, 0.4) is 0 Å². The zero-order valence-electron chi connectivity index (χ0n) is 14.6. The summed E-state index contributed by atoms with van der Waals surface area (Å²) in [4.78, 5) is 12.4. The molecule has 0 aliphatic rings. The SMILES string of the molecule is CC(c1c(Cl)cccc1Cl)n1cc(NC(=O)c2cc(-c3ccco3)on2)cn1. The second-order valence-corrected chi connectivity index (χ2v) is 6.84. The number of rotatable bonds is 5. The summed E-state index contributed by atoms with van der Waals surface area (Å²) in [5, 5.41) is 11.9. The Hall–Kier alpha value is -3.03. The van der Waals surface area contributed by atoms with Crippen molar-refractivity contribution in [1.82, 2.24) is 14.9 Å². The van der Waals surface area contributed by atoms with Gasteiger partial charge in [-0.3, -0.25) is 9.48 Å². The van der Waals surface area contributed by atoms with Crippen molar-refractivity contribution in [3.63, 3.8) is 0 Å². The highest BCUT2D eigenvalue weighted by Gasteiger charge is 2.19. The third-order valence-corrected chi connectivity index (χ3v) is 4.84. The van der Waals surface area contributed by atoms with E-state index in [1.54, 1.807) is 41.2 Å². The highest BCUT2D eigenvalue weighted by Crippen LogP contribution is 2.32. The van der Waals surface area contributed by atoms with Crippen molar-refractivity contribution in [1.29, 1.82) is 0 Å². The number of nitrogens with zero attached hydrogens (tertiary/aromatic N) is 3. The van der Waals surface area contributed by atoms with E-state index in [-0.39, 0.29) is 11.7 Å². The van der Waals surface area contributed by atoms with E-state index < -0.39 is 5.91 Å². The molecule has 7 nitrogen and oxygen atoms in total. The minimum atomic E-state index is -0.426. The van der Waals surface area contributed by atoms with E-state index in [0.717, 1.165) is 5.56 Å². The normalized spacial score (nSPS) is 12.1. The van der Waals surface area contributed by atoms with Gasteiger partial charge in [-0.25, -0.2) is 0 Å². The van der Waals surface area contributed by atoms with Crippen molar-refractivity contribution in [3.05, 3.63) is 76.4 Å². The Balaban J connectivity index is 1.50. The van der Waals surface area contributed by atoms with Crippen molar-refractivity contribution in [3.8, 4) is 11.5 Å². The van der Waals surface area contributed by atoms with Crippen molar-refractivity contribution >= 4 is 34.8 Å². The molecule has 4 aromatic rings. The maximum Gasteiger partial charge on any atom is 0.277 e. The van der Waals surface area contributed by atoms with Gasteiger partial charge in [0.2, 0.25) is 5.76 Å². The second kappa shape index (κ2) is 7.53. The van der Waals surface area contributed by atoms with Crippen molar-refractivity contribution in [2.45, 2.75) is 13.0 Å². The van der Waals surface area contributed by atoms with Gasteiger partial charge in [-0.2, -0.15) is 5.10 Å². The number of carbonyl (C=O) groups excluding carboxylic acids is 1. The Kier molecular flexibility index (Phi) is 4.93. The average molecular weight is 417 g/mol. The van der Waals surface area contributed by atoms with Gasteiger partial charge in [0.05, 0.1) is 24.2 Å². The Morgan fingerprint density at radius 1 is 1.18 bits per heavy atom. The molecule has 0 spiro atoms. The number of hydrogen-bond donors (Lipinski definition) is 1. The Labute approximate surface area is 169 Å². The predicted octanol–water partition coefficient (Wildman–Crippen LogP) is 5.30. The van der Waals surface area contributed by atoms with Crippen LogP contribution < -0.4 is 5.32 Å². The number of aromatic nitrogens is 3. The molecule has 4 rings (SSSR count). The molecule has 9 heteroatoms. The molecule has 3 aromatic heterocycles. The van der Waals surface area contributed by atoms with Crippen molar-refractivity contribution in [2.75, 3.05) is 5.32 Å². The maximum absolute atomic E-state index is 12.4. The summed E-state index contributed by atoms with van der Waals surface area (Å²) in [7, 11) is 0. The molecule has 0 radical (unpaired) electrons. The van der Waals surface area contributed by atoms with Crippen LogP contribution in [0, 0.1) is 0 Å². The first-order valence-corrected chi connectivity index (χ1v) is 9.08. The van der Waals surface area contributed by atoms with Gasteiger partial charge in [-0.15, -0.1) is 0 Å². The lowest BCUT2D eigenvalue weighted by molar-refractivity contribution is 0.101. The summed E-state index contributed by atoms with van der Waals surface area (Å²) >= 11 is 12.5. The van der Waals surface area contributed by atoms with E-state index in [4.69, 9.17) is 32.1 Å². The van der Waals surface area contributed by atoms with Crippen molar-refractivity contribution < 1.29 is 13.7 Å². The summed E-state index contributed by atoms with van der Waals surface area (Å²) in [5.74, 6) is 0.433. The van der Waals surface area contributed by atoms with E-state index in [2.05, 4.69) is 15.6 Å². The van der Waals surface area contributed by atoms with Gasteiger partial charge < -0.3 is 14.3 Å². The first kappa shape index (κ1) is 18.3. The molecule has 1 unspecified atom stereocenters. The molecular weight excluding hydrogens is 403 g/mol. The van der Waals surface area contributed by atoms with Gasteiger partial charge in [0.1, 0.15) is 0 Å². The molecule has 1 aromatic carbocycles. The molecule has 0 fully saturated rings. The van der Waals surface area contributed by atoms with Gasteiger partial charge >= 0.3 is 0 Å². The Morgan fingerprint density at radius 3 is 2.68 bits per heavy atom. The van der Waals surface area contributed by atoms with Crippen LogP contribution in [0.15, 0.2) is 64.0 Å². The Bertz CT molecular complexity index is 1100. The van der Waals surface area contributed by atoms with Crippen LogP contribution >= 0.6 is 23.2 Å². The number of furan rings is 1. The molecule has 28 heavy (non-hydrogen) atoms. The van der Waals surface area contributed by atoms with Crippen molar-refractivity contribution in [2.24, 2.45) is 0 Å². The van der Waals surface area contributed by atoms with Crippen LogP contribution in [-0.4, -0.2) is 20.8 Å². The number of anilines is 1. The number of benzene rings is 1. The minimum Gasteiger partial charge on any atom is -0.461 e. The zero-order valence-corrected chi connectivity index (χ0v) is 16.1. The Morgan fingerprint density at radius 2 is 1.96 bits per heavy atom. The van der Waals surface area contributed by atoms with Crippen LogP contribution in [0.4, 0.5) is 5.69 Å². The highest BCUT2D eigenvalue weighted by atomic mass is 35.5. The van der Waals surface area contributed by atoms with Crippen LogP contribution in [0.25, 0.3) is 11.5 Å². The monoisotopic (exact) mass is 416 g/mol. The average Bonchev–Trinajstić information content (AvgIpc) is 3.42. The molecule has 1 amide bonds. The first-order chi connectivity index (χ1) is 13.5. The molecule has 1 atom stereocenters. The second-order valence-electron chi connectivity index (χ2n) is 6.03. The molecule has 1 N–H and O–H groups in total. The van der Waals surface area contributed by atoms with E-state index in [0.29, 0.717) is 27.3 Å². The molecule has 3 heterocycles. The third-order valence-electron chi connectivity index (χ3n) is 4.18. The fraction of sp³-hybridized carbons (Fsp3) is 0.105. The number of amides is 1. The third kappa shape index (κ3) is 3.54. The van der Waals surface area contributed by atoms with Crippen LogP contribution in [0.2, 0.25) is 10.0 Å². The molecule has 0 aliphatic heterocycles. The van der Waals surface area contributed by atoms with Gasteiger partial charge in [0, 0.05) is 27.9 Å². The number of halogens is 2. The number of carbonyl (C=O) groups is 1. The summed E-state index contributed by atoms with van der Waals surface area (Å²) in [5.41, 5.74) is 1.38. The van der Waals surface area contributed by atoms with Gasteiger partial charge in [-0.1, -0.05) is 34.4 Å². The maximum atomic E-state index is 12.4. The quantitative estimate of drug-likeness (QED) is 0.476. The van der Waals surface area contributed by atoms with E-state index in [1.165, 1.54) is 18.5 Å². The summed E-state index contributed by atoms with van der Waals surface area (Å²) in [6.07, 6.45) is 4.74. The first-order valence-electron chi connectivity index (χ1n) is 8.33. The number of hydrogen-bond acceptors (Lipinski definition) is 5. The van der Waals surface area contributed by atoms with E-state index in [1.807, 2.05) is 6.92 Å². The topological polar surface area (TPSA) is 86.1 Å². The molecule has 142 valence electrons. The predicted molar refractivity (Wildman–Crippen MR) is 105 cm³/mol. The van der Waals surface area contributed by atoms with E-state index in [9.17, 15) is 4.79 Å². The summed E-state index contributed by atoms with van der Waals surface area (Å²) < 4.78 is 12.0. The minimum absolute atomic E-state index is 0.126. The van der Waals surface area contributed by atoms with Gasteiger partial charge in [0.15, 0.2) is 11.5 Å². The van der Waals surface area contributed by atoms with Crippen LogP contribution in [0.5, 0.6) is 0 Å².